The van der Waals surface area contributed by atoms with Gasteiger partial charge in [-0.1, -0.05) is 40.2 Å². The summed E-state index contributed by atoms with van der Waals surface area (Å²) in [5, 5.41) is 19.6. The number of carbonyl (C=O) groups excluding carboxylic acids is 1. The Bertz CT molecular complexity index is 1320. The van der Waals surface area contributed by atoms with E-state index in [0.29, 0.717) is 11.4 Å². The number of aryl methyl sites for hydroxylation is 1. The molecule has 0 aliphatic carbocycles. The van der Waals surface area contributed by atoms with Crippen LogP contribution in [0.2, 0.25) is 0 Å². The molecule has 0 saturated carbocycles. The van der Waals surface area contributed by atoms with Gasteiger partial charge >= 0.3 is 0 Å². The number of nitrogens with zero attached hydrogens (tertiary/aromatic N) is 3. The molecule has 2 N–H and O–H groups in total. The van der Waals surface area contributed by atoms with Crippen LogP contribution in [0.3, 0.4) is 0 Å². The molecule has 2 heterocycles. The van der Waals surface area contributed by atoms with Crippen LogP contribution in [0.1, 0.15) is 21.7 Å². The second-order valence-electron chi connectivity index (χ2n) is 6.75. The molecule has 0 aliphatic heterocycles. The zero-order valence-electron chi connectivity index (χ0n) is 16.4. The van der Waals surface area contributed by atoms with Gasteiger partial charge in [-0.15, -0.1) is 11.3 Å². The maximum absolute atomic E-state index is 12.6. The number of hydrogen-bond acceptors (Lipinski definition) is 6. The van der Waals surface area contributed by atoms with Crippen molar-refractivity contribution in [3.05, 3.63) is 91.8 Å². The number of thiazole rings is 1. The van der Waals surface area contributed by atoms with E-state index in [4.69, 9.17) is 0 Å². The number of halogens is 1. The second kappa shape index (κ2) is 8.83. The number of hydrogen-bond donors (Lipinski definition) is 2. The Kier molecular flexibility index (Phi) is 5.97. The van der Waals surface area contributed by atoms with Crippen molar-refractivity contribution < 1.29 is 9.90 Å². The lowest BCUT2D eigenvalue weighted by atomic mass is 10.1. The third kappa shape index (κ3) is 4.57. The molecule has 0 radical (unpaired) electrons. The number of aromatic hydroxyl groups is 1. The standard InChI is InChI=1S/C22H17BrN4O3S/c1-13-4-2-3-5-17(13)22-25-15(12-31-22)11-24-21(30)20-18(28)10-19(29)27(26-20)16-8-6-14(23)7-9-16/h2-10,12,28H,11H2,1H3,(H,24,30). The number of benzene rings is 2. The third-order valence-electron chi connectivity index (χ3n) is 4.56. The number of rotatable bonds is 5. The highest BCUT2D eigenvalue weighted by Crippen LogP contribution is 2.26. The Morgan fingerprint density at radius 3 is 2.68 bits per heavy atom. The number of carbonyl (C=O) groups is 1. The molecule has 9 heteroatoms. The molecular weight excluding hydrogens is 480 g/mol. The summed E-state index contributed by atoms with van der Waals surface area (Å²) in [5.41, 5.74) is 2.56. The smallest absolute Gasteiger partial charge is 0.275 e. The molecule has 0 atom stereocenters. The summed E-state index contributed by atoms with van der Waals surface area (Å²) in [4.78, 5) is 29.4. The topological polar surface area (TPSA) is 97.1 Å². The van der Waals surface area contributed by atoms with Gasteiger partial charge in [0.1, 0.15) is 5.01 Å². The molecule has 1 amide bonds. The van der Waals surface area contributed by atoms with Gasteiger partial charge in [0.2, 0.25) is 0 Å². The van der Waals surface area contributed by atoms with Crippen LogP contribution in [0.5, 0.6) is 5.75 Å². The number of nitrogens with one attached hydrogen (secondary N) is 1. The summed E-state index contributed by atoms with van der Waals surface area (Å²) in [6, 6.07) is 15.8. The molecule has 7 nitrogen and oxygen atoms in total. The molecule has 0 saturated heterocycles. The van der Waals surface area contributed by atoms with Crippen LogP contribution in [0.25, 0.3) is 16.3 Å². The molecule has 0 fully saturated rings. The van der Waals surface area contributed by atoms with E-state index in [-0.39, 0.29) is 12.2 Å². The van der Waals surface area contributed by atoms with E-state index in [2.05, 4.69) is 31.3 Å². The average molecular weight is 497 g/mol. The summed E-state index contributed by atoms with van der Waals surface area (Å²) in [6.07, 6.45) is 0. The van der Waals surface area contributed by atoms with Crippen molar-refractivity contribution in [3.8, 4) is 22.0 Å². The van der Waals surface area contributed by atoms with Crippen LogP contribution in [0.4, 0.5) is 0 Å². The van der Waals surface area contributed by atoms with Crippen LogP contribution in [-0.4, -0.2) is 25.8 Å². The van der Waals surface area contributed by atoms with E-state index in [9.17, 15) is 14.7 Å². The van der Waals surface area contributed by atoms with Gasteiger partial charge in [0.25, 0.3) is 11.5 Å². The highest BCUT2D eigenvalue weighted by atomic mass is 79.9. The first kappa shape index (κ1) is 21.0. The van der Waals surface area contributed by atoms with E-state index in [1.54, 1.807) is 24.3 Å². The fraction of sp³-hybridized carbons (Fsp3) is 0.0909. The Morgan fingerprint density at radius 2 is 1.94 bits per heavy atom. The highest BCUT2D eigenvalue weighted by molar-refractivity contribution is 9.10. The summed E-state index contributed by atoms with van der Waals surface area (Å²) in [5.74, 6) is -1.08. The predicted molar refractivity (Wildman–Crippen MR) is 123 cm³/mol. The van der Waals surface area contributed by atoms with Crippen molar-refractivity contribution in [3.63, 3.8) is 0 Å². The normalized spacial score (nSPS) is 10.8. The highest BCUT2D eigenvalue weighted by Gasteiger charge is 2.17. The summed E-state index contributed by atoms with van der Waals surface area (Å²) >= 11 is 4.83. The fourth-order valence-electron chi connectivity index (χ4n) is 2.96. The van der Waals surface area contributed by atoms with E-state index in [1.165, 1.54) is 11.3 Å². The van der Waals surface area contributed by atoms with Crippen molar-refractivity contribution in [1.82, 2.24) is 20.1 Å². The molecular formula is C22H17BrN4O3S. The van der Waals surface area contributed by atoms with E-state index in [0.717, 1.165) is 31.4 Å². The van der Waals surface area contributed by atoms with Crippen LogP contribution in [0, 0.1) is 6.92 Å². The van der Waals surface area contributed by atoms with Gasteiger partial charge in [0, 0.05) is 21.5 Å². The minimum Gasteiger partial charge on any atom is -0.505 e. The average Bonchev–Trinajstić information content (AvgIpc) is 3.22. The molecule has 0 aliphatic rings. The van der Waals surface area contributed by atoms with Gasteiger partial charge in [-0.05, 0) is 36.8 Å². The molecule has 2 aromatic carbocycles. The molecule has 2 aromatic heterocycles. The summed E-state index contributed by atoms with van der Waals surface area (Å²) in [6.45, 7) is 2.19. The second-order valence-corrected chi connectivity index (χ2v) is 8.52. The zero-order chi connectivity index (χ0) is 22.0. The molecule has 0 spiro atoms. The van der Waals surface area contributed by atoms with E-state index >= 15 is 0 Å². The Balaban J connectivity index is 1.53. The Morgan fingerprint density at radius 1 is 1.19 bits per heavy atom. The fourth-order valence-corrected chi connectivity index (χ4v) is 4.13. The first-order valence-corrected chi connectivity index (χ1v) is 11.0. The van der Waals surface area contributed by atoms with Crippen molar-refractivity contribution >= 4 is 33.2 Å². The zero-order valence-corrected chi connectivity index (χ0v) is 18.8. The van der Waals surface area contributed by atoms with Crippen LogP contribution in [-0.2, 0) is 6.54 Å². The monoisotopic (exact) mass is 496 g/mol. The van der Waals surface area contributed by atoms with Gasteiger partial charge in [-0.2, -0.15) is 9.78 Å². The van der Waals surface area contributed by atoms with E-state index < -0.39 is 17.2 Å². The van der Waals surface area contributed by atoms with Crippen molar-refractivity contribution in [1.29, 1.82) is 0 Å². The maximum Gasteiger partial charge on any atom is 0.275 e. The van der Waals surface area contributed by atoms with Crippen LogP contribution in [0.15, 0.2) is 69.2 Å². The SMILES string of the molecule is Cc1ccccc1-c1nc(CNC(=O)c2nn(-c3ccc(Br)cc3)c(=O)cc2O)cs1. The number of aromatic nitrogens is 3. The first-order chi connectivity index (χ1) is 14.9. The summed E-state index contributed by atoms with van der Waals surface area (Å²) in [7, 11) is 0. The van der Waals surface area contributed by atoms with Crippen molar-refractivity contribution in [2.24, 2.45) is 0 Å². The van der Waals surface area contributed by atoms with Gasteiger partial charge in [0.15, 0.2) is 11.4 Å². The first-order valence-electron chi connectivity index (χ1n) is 9.30. The van der Waals surface area contributed by atoms with Gasteiger partial charge in [-0.25, -0.2) is 4.98 Å². The Labute approximate surface area is 190 Å². The lowest BCUT2D eigenvalue weighted by Gasteiger charge is -2.09. The molecule has 0 bridgehead atoms. The van der Waals surface area contributed by atoms with Crippen LogP contribution >= 0.6 is 27.3 Å². The largest absolute Gasteiger partial charge is 0.505 e. The molecule has 156 valence electrons. The molecule has 4 aromatic rings. The number of amides is 1. The minimum absolute atomic E-state index is 0.166. The lowest BCUT2D eigenvalue weighted by molar-refractivity contribution is 0.0940. The van der Waals surface area contributed by atoms with Gasteiger partial charge < -0.3 is 10.4 Å². The Hall–Kier alpha value is -3.30. The van der Waals surface area contributed by atoms with Crippen LogP contribution < -0.4 is 10.9 Å². The minimum atomic E-state index is -0.603. The van der Waals surface area contributed by atoms with Gasteiger partial charge in [0.05, 0.1) is 17.9 Å². The van der Waals surface area contributed by atoms with E-state index in [1.807, 2.05) is 36.6 Å². The van der Waals surface area contributed by atoms with Gasteiger partial charge in [-0.3, -0.25) is 9.59 Å². The van der Waals surface area contributed by atoms with Crippen molar-refractivity contribution in [2.45, 2.75) is 13.5 Å². The lowest BCUT2D eigenvalue weighted by Crippen LogP contribution is -2.29. The molecule has 4 rings (SSSR count). The molecule has 31 heavy (non-hydrogen) atoms. The molecule has 0 unspecified atom stereocenters. The maximum atomic E-state index is 12.6. The van der Waals surface area contributed by atoms with Crippen molar-refractivity contribution in [2.75, 3.05) is 0 Å². The predicted octanol–water partition coefficient (Wildman–Crippen LogP) is 4.06. The summed E-state index contributed by atoms with van der Waals surface area (Å²) < 4.78 is 1.91. The quantitative estimate of drug-likeness (QED) is 0.434. The third-order valence-corrected chi connectivity index (χ3v) is 6.01.